The Morgan fingerprint density at radius 1 is 1.44 bits per heavy atom. The lowest BCUT2D eigenvalue weighted by Gasteiger charge is -2.05. The molecule has 0 bridgehead atoms. The van der Waals surface area contributed by atoms with Gasteiger partial charge in [-0.3, -0.25) is 0 Å². The summed E-state index contributed by atoms with van der Waals surface area (Å²) in [4.78, 5) is 4.76. The van der Waals surface area contributed by atoms with Crippen LogP contribution < -0.4 is 5.32 Å². The Hall–Kier alpha value is -0.710. The van der Waals surface area contributed by atoms with Crippen LogP contribution in [0.1, 0.15) is 35.1 Å². The van der Waals surface area contributed by atoms with Gasteiger partial charge in [-0.25, -0.2) is 4.98 Å². The van der Waals surface area contributed by atoms with E-state index >= 15 is 0 Å². The number of benzene rings is 1. The van der Waals surface area contributed by atoms with E-state index in [1.807, 2.05) is 0 Å². The lowest BCUT2D eigenvalue weighted by molar-refractivity contribution is 0.630. The van der Waals surface area contributed by atoms with Gasteiger partial charge in [0.1, 0.15) is 0 Å². The van der Waals surface area contributed by atoms with Crippen molar-refractivity contribution in [1.82, 2.24) is 10.3 Å². The Balaban J connectivity index is 1.73. The summed E-state index contributed by atoms with van der Waals surface area (Å²) in [6.07, 6.45) is 3.42. The largest absolute Gasteiger partial charge is 0.309 e. The molecule has 3 rings (SSSR count). The van der Waals surface area contributed by atoms with Crippen molar-refractivity contribution in [2.24, 2.45) is 0 Å². The van der Waals surface area contributed by atoms with Gasteiger partial charge >= 0.3 is 0 Å². The Labute approximate surface area is 120 Å². The average Bonchev–Trinajstić information content (AvgIpc) is 2.98. The smallest absolute Gasteiger partial charge is 0.0972 e. The van der Waals surface area contributed by atoms with Gasteiger partial charge < -0.3 is 5.32 Å². The number of rotatable bonds is 3. The van der Waals surface area contributed by atoms with Crippen LogP contribution in [0.25, 0.3) is 0 Å². The molecular weight excluding hydrogens is 308 g/mol. The Kier molecular flexibility index (Phi) is 3.77. The summed E-state index contributed by atoms with van der Waals surface area (Å²) in [5.74, 6) is 0. The fraction of sp³-hybridized carbons (Fsp3) is 0.357. The minimum atomic E-state index is 0.484. The first-order valence-corrected chi connectivity index (χ1v) is 7.90. The molecule has 1 atom stereocenters. The predicted octanol–water partition coefficient (Wildman–Crippen LogP) is 3.92. The molecule has 94 valence electrons. The van der Waals surface area contributed by atoms with Crippen molar-refractivity contribution >= 4 is 27.3 Å². The molecule has 0 spiro atoms. The highest BCUT2D eigenvalue weighted by Gasteiger charge is 2.18. The van der Waals surface area contributed by atoms with Gasteiger partial charge in [0.15, 0.2) is 0 Å². The second-order valence-corrected chi connectivity index (χ2v) is 6.48. The minimum Gasteiger partial charge on any atom is -0.309 e. The summed E-state index contributed by atoms with van der Waals surface area (Å²) in [6.45, 7) is 1.13. The van der Waals surface area contributed by atoms with Crippen molar-refractivity contribution in [3.8, 4) is 0 Å². The van der Waals surface area contributed by atoms with E-state index < -0.39 is 0 Å². The lowest BCUT2D eigenvalue weighted by Crippen LogP contribution is -2.13. The number of nitrogens with zero attached hydrogens (tertiary/aromatic N) is 1. The topological polar surface area (TPSA) is 24.9 Å². The molecule has 1 aromatic heterocycles. The molecule has 2 aromatic rings. The van der Waals surface area contributed by atoms with Crippen molar-refractivity contribution in [3.63, 3.8) is 0 Å². The van der Waals surface area contributed by atoms with Crippen molar-refractivity contribution in [2.75, 3.05) is 6.54 Å². The third-order valence-corrected chi connectivity index (χ3v) is 4.59. The summed E-state index contributed by atoms with van der Waals surface area (Å²) in [5.41, 5.74) is 2.53. The van der Waals surface area contributed by atoms with Crippen LogP contribution in [-0.4, -0.2) is 11.5 Å². The van der Waals surface area contributed by atoms with Crippen molar-refractivity contribution in [2.45, 2.75) is 25.3 Å². The molecule has 0 saturated carbocycles. The van der Waals surface area contributed by atoms with Crippen LogP contribution in [-0.2, 0) is 6.42 Å². The fourth-order valence-corrected chi connectivity index (χ4v) is 3.65. The van der Waals surface area contributed by atoms with Crippen LogP contribution in [0.3, 0.4) is 0 Å². The van der Waals surface area contributed by atoms with Crippen molar-refractivity contribution in [3.05, 3.63) is 50.4 Å². The third-order valence-electron chi connectivity index (χ3n) is 3.23. The van der Waals surface area contributed by atoms with Gasteiger partial charge in [0.25, 0.3) is 0 Å². The van der Waals surface area contributed by atoms with E-state index in [1.54, 1.807) is 11.3 Å². The number of hydrogen-bond donors (Lipinski definition) is 1. The molecule has 1 N–H and O–H groups in total. The number of thiazole rings is 1. The van der Waals surface area contributed by atoms with Crippen LogP contribution in [0.5, 0.6) is 0 Å². The molecule has 0 radical (unpaired) electrons. The second-order valence-electron chi connectivity index (χ2n) is 4.62. The average molecular weight is 323 g/mol. The molecule has 1 saturated heterocycles. The molecule has 0 aliphatic carbocycles. The maximum atomic E-state index is 4.76. The lowest BCUT2D eigenvalue weighted by atomic mass is 10.1. The highest BCUT2D eigenvalue weighted by atomic mass is 79.9. The number of hydrogen-bond acceptors (Lipinski definition) is 3. The first kappa shape index (κ1) is 12.3. The molecule has 0 amide bonds. The first-order valence-electron chi connectivity index (χ1n) is 6.23. The first-order chi connectivity index (χ1) is 8.81. The summed E-state index contributed by atoms with van der Waals surface area (Å²) >= 11 is 5.28. The van der Waals surface area contributed by atoms with Crippen LogP contribution >= 0.6 is 27.3 Å². The Bertz CT molecular complexity index is 532. The zero-order valence-corrected chi connectivity index (χ0v) is 12.4. The van der Waals surface area contributed by atoms with E-state index in [4.69, 9.17) is 4.98 Å². The Morgan fingerprint density at radius 2 is 2.39 bits per heavy atom. The Morgan fingerprint density at radius 3 is 3.17 bits per heavy atom. The standard InChI is InChI=1S/C14H15BrN2S/c15-11-4-1-3-10(7-11)8-14-17-13(9-18-14)12-5-2-6-16-12/h1,3-4,7,9,12,16H,2,5-6,8H2. The molecule has 1 aromatic carbocycles. The van der Waals surface area contributed by atoms with E-state index in [0.717, 1.165) is 17.4 Å². The molecule has 1 aliphatic heterocycles. The van der Waals surface area contributed by atoms with Gasteiger partial charge in [0, 0.05) is 16.3 Å². The zero-order chi connectivity index (χ0) is 12.4. The maximum absolute atomic E-state index is 4.76. The summed E-state index contributed by atoms with van der Waals surface area (Å²) < 4.78 is 1.13. The molecule has 1 aliphatic rings. The third kappa shape index (κ3) is 2.82. The van der Waals surface area contributed by atoms with Crippen LogP contribution in [0.4, 0.5) is 0 Å². The highest BCUT2D eigenvalue weighted by molar-refractivity contribution is 9.10. The van der Waals surface area contributed by atoms with E-state index in [9.17, 15) is 0 Å². The van der Waals surface area contributed by atoms with Crippen molar-refractivity contribution < 1.29 is 0 Å². The van der Waals surface area contributed by atoms with Crippen molar-refractivity contribution in [1.29, 1.82) is 0 Å². The SMILES string of the molecule is Brc1cccc(Cc2nc(C3CCCN3)cs2)c1. The molecule has 2 nitrogen and oxygen atoms in total. The predicted molar refractivity (Wildman–Crippen MR) is 79.0 cm³/mol. The normalized spacial score (nSPS) is 19.3. The van der Waals surface area contributed by atoms with Gasteiger partial charge in [-0.1, -0.05) is 28.1 Å². The molecule has 4 heteroatoms. The number of halogens is 1. The van der Waals surface area contributed by atoms with E-state index in [1.165, 1.54) is 29.1 Å². The summed E-state index contributed by atoms with van der Waals surface area (Å²) in [7, 11) is 0. The van der Waals surface area contributed by atoms with Gasteiger partial charge in [-0.15, -0.1) is 11.3 Å². The fourth-order valence-electron chi connectivity index (χ4n) is 2.32. The van der Waals surface area contributed by atoms with E-state index in [2.05, 4.69) is 50.9 Å². The number of nitrogens with one attached hydrogen (secondary N) is 1. The highest BCUT2D eigenvalue weighted by Crippen LogP contribution is 2.25. The van der Waals surface area contributed by atoms with E-state index in [0.29, 0.717) is 6.04 Å². The van der Waals surface area contributed by atoms with Gasteiger partial charge in [0.05, 0.1) is 16.7 Å². The molecule has 1 unspecified atom stereocenters. The zero-order valence-electron chi connectivity index (χ0n) is 10.0. The summed E-state index contributed by atoms with van der Waals surface area (Å²) in [6, 6.07) is 8.93. The molecule has 18 heavy (non-hydrogen) atoms. The van der Waals surface area contributed by atoms with Gasteiger partial charge in [-0.2, -0.15) is 0 Å². The number of aromatic nitrogens is 1. The maximum Gasteiger partial charge on any atom is 0.0972 e. The van der Waals surface area contributed by atoms with Gasteiger partial charge in [-0.05, 0) is 37.1 Å². The van der Waals surface area contributed by atoms with Crippen LogP contribution in [0, 0.1) is 0 Å². The van der Waals surface area contributed by atoms with Crippen LogP contribution in [0.2, 0.25) is 0 Å². The molecule has 2 heterocycles. The van der Waals surface area contributed by atoms with Gasteiger partial charge in [0.2, 0.25) is 0 Å². The van der Waals surface area contributed by atoms with E-state index in [-0.39, 0.29) is 0 Å². The monoisotopic (exact) mass is 322 g/mol. The summed E-state index contributed by atoms with van der Waals surface area (Å²) in [5, 5.41) is 6.91. The van der Waals surface area contributed by atoms with Crippen LogP contribution in [0.15, 0.2) is 34.1 Å². The second kappa shape index (κ2) is 5.51. The quantitative estimate of drug-likeness (QED) is 0.926. The molecule has 1 fully saturated rings. The minimum absolute atomic E-state index is 0.484. The molecular formula is C14H15BrN2S.